The van der Waals surface area contributed by atoms with E-state index in [1.54, 1.807) is 0 Å². The number of carbonyl (C=O) groups is 3. The molecule has 0 radical (unpaired) electrons. The predicted octanol–water partition coefficient (Wildman–Crippen LogP) is 7.16. The highest BCUT2D eigenvalue weighted by atomic mass is 16.6. The molecule has 222 valence electrons. The summed E-state index contributed by atoms with van der Waals surface area (Å²) < 4.78 is 5.45. The Bertz CT molecular complexity index is 1190. The molecule has 3 unspecified atom stereocenters. The van der Waals surface area contributed by atoms with E-state index >= 15 is 0 Å². The highest BCUT2D eigenvalue weighted by Gasteiger charge is 2.34. The van der Waals surface area contributed by atoms with Crippen molar-refractivity contribution in [2.24, 2.45) is 11.8 Å². The molecule has 1 N–H and O–H groups in total. The summed E-state index contributed by atoms with van der Waals surface area (Å²) >= 11 is 0. The first-order valence-electron chi connectivity index (χ1n) is 15.5. The summed E-state index contributed by atoms with van der Waals surface area (Å²) in [5.74, 6) is 0.465. The summed E-state index contributed by atoms with van der Waals surface area (Å²) in [6, 6.07) is 16.2. The second kappa shape index (κ2) is 13.7. The molecule has 1 fully saturated rings. The highest BCUT2D eigenvalue weighted by Crippen LogP contribution is 2.38. The Balaban J connectivity index is 1.37. The average Bonchev–Trinajstić information content (AvgIpc) is 3.56. The molecule has 0 saturated heterocycles. The van der Waals surface area contributed by atoms with Gasteiger partial charge in [-0.3, -0.25) is 14.4 Å². The first kappa shape index (κ1) is 30.8. The van der Waals surface area contributed by atoms with E-state index in [1.807, 2.05) is 49.9 Å². The van der Waals surface area contributed by atoms with Gasteiger partial charge >= 0.3 is 5.97 Å². The van der Waals surface area contributed by atoms with E-state index in [0.717, 1.165) is 54.4 Å². The first-order valence-corrected chi connectivity index (χ1v) is 15.5. The summed E-state index contributed by atoms with van der Waals surface area (Å²) in [4.78, 5) is 40.7. The van der Waals surface area contributed by atoms with Crippen molar-refractivity contribution in [2.45, 2.75) is 117 Å². The van der Waals surface area contributed by atoms with Crippen molar-refractivity contribution in [2.75, 3.05) is 0 Å². The van der Waals surface area contributed by atoms with Gasteiger partial charge in [0.15, 0.2) is 0 Å². The van der Waals surface area contributed by atoms with Crippen LogP contribution in [0.25, 0.3) is 0 Å². The molecule has 0 bridgehead atoms. The van der Waals surface area contributed by atoms with Gasteiger partial charge in [-0.25, -0.2) is 0 Å². The van der Waals surface area contributed by atoms with Crippen LogP contribution in [0.1, 0.15) is 119 Å². The molecule has 6 nitrogen and oxygen atoms in total. The second-order valence-corrected chi connectivity index (χ2v) is 13.1. The molecular formula is C35H48N2O4. The van der Waals surface area contributed by atoms with Crippen molar-refractivity contribution in [3.63, 3.8) is 0 Å². The summed E-state index contributed by atoms with van der Waals surface area (Å²) in [7, 11) is 0. The minimum absolute atomic E-state index is 0.0622. The number of amides is 2. The third kappa shape index (κ3) is 8.21. The molecule has 0 aromatic heterocycles. The highest BCUT2D eigenvalue weighted by molar-refractivity contribution is 5.98. The molecule has 2 aromatic rings. The van der Waals surface area contributed by atoms with Crippen LogP contribution in [0.4, 0.5) is 0 Å². The van der Waals surface area contributed by atoms with E-state index in [2.05, 4.69) is 43.4 Å². The van der Waals surface area contributed by atoms with Crippen LogP contribution in [-0.2, 0) is 27.4 Å². The van der Waals surface area contributed by atoms with Gasteiger partial charge in [0, 0.05) is 31.1 Å². The van der Waals surface area contributed by atoms with Crippen LogP contribution in [0, 0.1) is 11.8 Å². The Morgan fingerprint density at radius 3 is 2.37 bits per heavy atom. The summed E-state index contributed by atoms with van der Waals surface area (Å²) in [6.07, 6.45) is 7.34. The first-order chi connectivity index (χ1) is 19.6. The summed E-state index contributed by atoms with van der Waals surface area (Å²) in [5.41, 5.74) is 3.54. The summed E-state index contributed by atoms with van der Waals surface area (Å²) in [6.45, 7) is 11.1. The Hall–Kier alpha value is -3.15. The fraction of sp³-hybridized carbons (Fsp3) is 0.571. The van der Waals surface area contributed by atoms with Crippen LogP contribution in [0.15, 0.2) is 48.5 Å². The van der Waals surface area contributed by atoms with Gasteiger partial charge in [-0.1, -0.05) is 69.2 Å². The Kier molecular flexibility index (Phi) is 10.3. The van der Waals surface area contributed by atoms with Gasteiger partial charge in [0.05, 0.1) is 5.92 Å². The molecule has 6 heteroatoms. The molecule has 1 heterocycles. The van der Waals surface area contributed by atoms with Crippen LogP contribution in [0.3, 0.4) is 0 Å². The largest absolute Gasteiger partial charge is 0.460 e. The maximum atomic E-state index is 13.8. The van der Waals surface area contributed by atoms with Crippen molar-refractivity contribution in [1.29, 1.82) is 0 Å². The lowest BCUT2D eigenvalue weighted by molar-refractivity contribution is -0.155. The number of hydrogen-bond acceptors (Lipinski definition) is 4. The lowest BCUT2D eigenvalue weighted by Gasteiger charge is -2.29. The van der Waals surface area contributed by atoms with Crippen molar-refractivity contribution in [3.05, 3.63) is 70.8 Å². The minimum Gasteiger partial charge on any atom is -0.460 e. The second-order valence-electron chi connectivity index (χ2n) is 13.1. The molecule has 0 spiro atoms. The van der Waals surface area contributed by atoms with E-state index in [4.69, 9.17) is 4.74 Å². The molecule has 1 aliphatic carbocycles. The fourth-order valence-electron chi connectivity index (χ4n) is 6.50. The zero-order valence-electron chi connectivity index (χ0n) is 25.6. The van der Waals surface area contributed by atoms with Crippen LogP contribution in [0.2, 0.25) is 0 Å². The number of benzene rings is 2. The summed E-state index contributed by atoms with van der Waals surface area (Å²) in [5, 5.41) is 3.40. The minimum atomic E-state index is -0.465. The van der Waals surface area contributed by atoms with Gasteiger partial charge < -0.3 is 15.0 Å². The molecule has 4 rings (SSSR count). The smallest absolute Gasteiger partial charge is 0.306 e. The molecule has 2 amide bonds. The Morgan fingerprint density at radius 2 is 1.73 bits per heavy atom. The SMILES string of the molecule is CCC(NC(=O)C(c1ccc(CN2Cc3ccccc3C2=O)cc1)C1CCCC1)C(C)CCCC(=O)OC(C)(C)C. The number of carbonyl (C=O) groups excluding carboxylic acids is 3. The van der Waals surface area contributed by atoms with Gasteiger partial charge in [-0.05, 0) is 87.5 Å². The molecule has 41 heavy (non-hydrogen) atoms. The van der Waals surface area contributed by atoms with Crippen LogP contribution < -0.4 is 5.32 Å². The Labute approximate surface area is 246 Å². The number of nitrogens with one attached hydrogen (secondary N) is 1. The van der Waals surface area contributed by atoms with Gasteiger partial charge in [-0.15, -0.1) is 0 Å². The van der Waals surface area contributed by atoms with E-state index < -0.39 is 5.60 Å². The number of rotatable bonds is 12. The quantitative estimate of drug-likeness (QED) is 0.280. The number of esters is 1. The maximum Gasteiger partial charge on any atom is 0.306 e. The van der Waals surface area contributed by atoms with Gasteiger partial charge in [-0.2, -0.15) is 0 Å². The van der Waals surface area contributed by atoms with Crippen LogP contribution in [0.5, 0.6) is 0 Å². The fourth-order valence-corrected chi connectivity index (χ4v) is 6.50. The standard InChI is InChI=1S/C35H48N2O4/c1-6-30(24(2)12-11-17-31(38)41-35(3,4)5)36-33(39)32(26-13-7-8-14-26)27-20-18-25(19-21-27)22-37-23-28-15-9-10-16-29(28)34(37)40/h9-10,15-16,18-21,24,26,30,32H,6-8,11-14,17,22-23H2,1-5H3,(H,36,39). The van der Waals surface area contributed by atoms with Crippen molar-refractivity contribution < 1.29 is 19.1 Å². The lowest BCUT2D eigenvalue weighted by Crippen LogP contribution is -2.43. The number of hydrogen-bond donors (Lipinski definition) is 1. The predicted molar refractivity (Wildman–Crippen MR) is 162 cm³/mol. The van der Waals surface area contributed by atoms with Crippen molar-refractivity contribution in [3.8, 4) is 0 Å². The normalized spacial score (nSPS) is 17.7. The third-order valence-corrected chi connectivity index (χ3v) is 8.68. The van der Waals surface area contributed by atoms with Gasteiger partial charge in [0.1, 0.15) is 5.60 Å². The van der Waals surface area contributed by atoms with Crippen molar-refractivity contribution >= 4 is 17.8 Å². The van der Waals surface area contributed by atoms with Crippen LogP contribution >= 0.6 is 0 Å². The molecule has 1 aliphatic heterocycles. The van der Waals surface area contributed by atoms with Crippen LogP contribution in [-0.4, -0.2) is 34.3 Å². The number of fused-ring (bicyclic) bond motifs is 1. The van der Waals surface area contributed by atoms with E-state index in [0.29, 0.717) is 25.4 Å². The van der Waals surface area contributed by atoms with Gasteiger partial charge in [0.2, 0.25) is 5.91 Å². The van der Waals surface area contributed by atoms with E-state index in [-0.39, 0.29) is 35.7 Å². The molecular weight excluding hydrogens is 512 g/mol. The lowest BCUT2D eigenvalue weighted by atomic mass is 9.83. The maximum absolute atomic E-state index is 13.8. The molecule has 1 saturated carbocycles. The molecule has 3 atom stereocenters. The average molecular weight is 561 g/mol. The Morgan fingerprint density at radius 1 is 1.05 bits per heavy atom. The van der Waals surface area contributed by atoms with E-state index in [1.165, 1.54) is 12.8 Å². The molecule has 2 aromatic carbocycles. The number of ether oxygens (including phenoxy) is 1. The zero-order valence-corrected chi connectivity index (χ0v) is 25.6. The van der Waals surface area contributed by atoms with Gasteiger partial charge in [0.25, 0.3) is 5.91 Å². The third-order valence-electron chi connectivity index (χ3n) is 8.68. The topological polar surface area (TPSA) is 75.7 Å². The monoisotopic (exact) mass is 560 g/mol. The van der Waals surface area contributed by atoms with E-state index in [9.17, 15) is 14.4 Å². The molecule has 2 aliphatic rings. The number of nitrogens with zero attached hydrogens (tertiary/aromatic N) is 1. The van der Waals surface area contributed by atoms with Crippen molar-refractivity contribution in [1.82, 2.24) is 10.2 Å². The zero-order chi connectivity index (χ0) is 29.6.